The number of nitrogens with zero attached hydrogens (tertiary/aromatic N) is 1. The lowest BCUT2D eigenvalue weighted by molar-refractivity contribution is -0.322. The standard InChI is InChI=1S/C17H14F4N2O3S/c1-23-15(25)22-13(9-4-2-5-10(18)8-9)12(16(23,26)17(19,20)21)14(24)11-6-3-7-27-11/h2-8,12-13,26H,1H3,(H,22,25)/t12-,13+,16+/m0/s1. The first kappa shape index (κ1) is 19.3. The predicted octanol–water partition coefficient (Wildman–Crippen LogP) is 3.33. The number of amides is 2. The number of urea groups is 1. The molecule has 1 aromatic heterocycles. The van der Waals surface area contributed by atoms with Crippen molar-refractivity contribution in [3.63, 3.8) is 0 Å². The molecule has 0 saturated carbocycles. The highest BCUT2D eigenvalue weighted by molar-refractivity contribution is 7.12. The van der Waals surface area contributed by atoms with Crippen molar-refractivity contribution >= 4 is 23.2 Å². The molecule has 2 amide bonds. The molecule has 10 heteroatoms. The van der Waals surface area contributed by atoms with E-state index in [1.807, 2.05) is 0 Å². The van der Waals surface area contributed by atoms with Crippen LogP contribution in [-0.4, -0.2) is 40.8 Å². The van der Waals surface area contributed by atoms with E-state index in [-0.39, 0.29) is 15.3 Å². The minimum absolute atomic E-state index is 0.0198. The zero-order chi connectivity index (χ0) is 20.0. The number of alkyl halides is 3. The Bertz CT molecular complexity index is 871. The molecular weight excluding hydrogens is 388 g/mol. The summed E-state index contributed by atoms with van der Waals surface area (Å²) in [5.74, 6) is -3.90. The molecule has 0 bridgehead atoms. The van der Waals surface area contributed by atoms with Gasteiger partial charge in [-0.3, -0.25) is 9.69 Å². The number of Topliss-reactive ketones (excluding diaryl/α,β-unsaturated/α-hetero) is 1. The van der Waals surface area contributed by atoms with E-state index in [2.05, 4.69) is 5.32 Å². The molecule has 2 aromatic rings. The first-order valence-corrected chi connectivity index (χ1v) is 8.62. The Labute approximate surface area is 155 Å². The second kappa shape index (κ2) is 6.61. The molecule has 5 nitrogen and oxygen atoms in total. The molecule has 1 aliphatic heterocycles. The Morgan fingerprint density at radius 3 is 2.56 bits per heavy atom. The van der Waals surface area contributed by atoms with Crippen molar-refractivity contribution in [2.45, 2.75) is 17.9 Å². The lowest BCUT2D eigenvalue weighted by Gasteiger charge is -2.49. The summed E-state index contributed by atoms with van der Waals surface area (Å²) in [6, 6.07) is 4.51. The zero-order valence-corrected chi connectivity index (χ0v) is 14.6. The van der Waals surface area contributed by atoms with Gasteiger partial charge in [0.2, 0.25) is 0 Å². The quantitative estimate of drug-likeness (QED) is 0.611. The molecule has 0 unspecified atom stereocenters. The molecular formula is C17H14F4N2O3S. The third-order valence-corrected chi connectivity index (χ3v) is 5.42. The third-order valence-electron chi connectivity index (χ3n) is 4.53. The summed E-state index contributed by atoms with van der Waals surface area (Å²) in [6.07, 6.45) is -5.33. The van der Waals surface area contributed by atoms with Gasteiger partial charge in [0.05, 0.1) is 10.9 Å². The Hall–Kier alpha value is -2.46. The smallest absolute Gasteiger partial charge is 0.363 e. The fourth-order valence-electron chi connectivity index (χ4n) is 3.16. The number of hydrogen-bond donors (Lipinski definition) is 2. The molecule has 0 aliphatic carbocycles. The fourth-order valence-corrected chi connectivity index (χ4v) is 3.86. The summed E-state index contributed by atoms with van der Waals surface area (Å²) in [7, 11) is 0.749. The van der Waals surface area contributed by atoms with Gasteiger partial charge < -0.3 is 10.4 Å². The number of halogens is 4. The van der Waals surface area contributed by atoms with Crippen molar-refractivity contribution in [2.75, 3.05) is 7.05 Å². The van der Waals surface area contributed by atoms with Crippen LogP contribution in [0.25, 0.3) is 0 Å². The molecule has 0 radical (unpaired) electrons. The van der Waals surface area contributed by atoms with Gasteiger partial charge in [0, 0.05) is 7.05 Å². The van der Waals surface area contributed by atoms with E-state index in [0.717, 1.165) is 30.5 Å². The van der Waals surface area contributed by atoms with Gasteiger partial charge in [-0.1, -0.05) is 18.2 Å². The van der Waals surface area contributed by atoms with Crippen LogP contribution in [0.4, 0.5) is 22.4 Å². The molecule has 27 heavy (non-hydrogen) atoms. The molecule has 1 fully saturated rings. The van der Waals surface area contributed by atoms with Crippen molar-refractivity contribution in [1.29, 1.82) is 0 Å². The van der Waals surface area contributed by atoms with Crippen LogP contribution in [0, 0.1) is 11.7 Å². The van der Waals surface area contributed by atoms with Gasteiger partial charge in [-0.2, -0.15) is 13.2 Å². The molecule has 3 rings (SSSR count). The van der Waals surface area contributed by atoms with Crippen LogP contribution in [0.1, 0.15) is 21.3 Å². The second-order valence-corrected chi connectivity index (χ2v) is 7.03. The van der Waals surface area contributed by atoms with Crippen LogP contribution in [0.2, 0.25) is 0 Å². The van der Waals surface area contributed by atoms with Gasteiger partial charge in [0.25, 0.3) is 5.72 Å². The number of nitrogens with one attached hydrogen (secondary N) is 1. The monoisotopic (exact) mass is 402 g/mol. The summed E-state index contributed by atoms with van der Waals surface area (Å²) >= 11 is 0.905. The molecule has 2 N–H and O–H groups in total. The third kappa shape index (κ3) is 3.08. The maximum Gasteiger partial charge on any atom is 0.437 e. The predicted molar refractivity (Wildman–Crippen MR) is 88.6 cm³/mol. The van der Waals surface area contributed by atoms with Gasteiger partial charge in [-0.05, 0) is 29.1 Å². The topological polar surface area (TPSA) is 69.6 Å². The van der Waals surface area contributed by atoms with Crippen molar-refractivity contribution in [3.8, 4) is 0 Å². The Balaban J connectivity index is 2.21. The van der Waals surface area contributed by atoms with E-state index in [9.17, 15) is 32.3 Å². The normalized spacial score (nSPS) is 26.0. The van der Waals surface area contributed by atoms with Crippen molar-refractivity contribution in [1.82, 2.24) is 10.2 Å². The minimum atomic E-state index is -5.33. The van der Waals surface area contributed by atoms with Gasteiger partial charge >= 0.3 is 12.2 Å². The number of hydrogen-bond acceptors (Lipinski definition) is 4. The molecule has 3 atom stereocenters. The molecule has 2 heterocycles. The van der Waals surface area contributed by atoms with Gasteiger partial charge in [0.15, 0.2) is 5.78 Å². The zero-order valence-electron chi connectivity index (χ0n) is 13.8. The SMILES string of the molecule is CN1C(=O)N[C@H](c2cccc(F)c2)[C@@H](C(=O)c2cccs2)[C@@]1(O)C(F)(F)F. The summed E-state index contributed by atoms with van der Waals surface area (Å²) in [4.78, 5) is 25.1. The number of carbonyl (C=O) groups excluding carboxylic acids is 2. The maximum atomic E-state index is 13.9. The van der Waals surface area contributed by atoms with Crippen LogP contribution < -0.4 is 5.32 Å². The van der Waals surface area contributed by atoms with E-state index >= 15 is 0 Å². The number of rotatable bonds is 3. The minimum Gasteiger partial charge on any atom is -0.363 e. The van der Waals surface area contributed by atoms with Crippen LogP contribution in [-0.2, 0) is 0 Å². The van der Waals surface area contributed by atoms with Crippen LogP contribution in [0.5, 0.6) is 0 Å². The van der Waals surface area contributed by atoms with Gasteiger partial charge in [-0.15, -0.1) is 11.3 Å². The van der Waals surface area contributed by atoms with Gasteiger partial charge in [0.1, 0.15) is 11.7 Å². The summed E-state index contributed by atoms with van der Waals surface area (Å²) in [5, 5.41) is 14.4. The van der Waals surface area contributed by atoms with E-state index < -0.39 is 41.5 Å². The highest BCUT2D eigenvalue weighted by atomic mass is 32.1. The van der Waals surface area contributed by atoms with E-state index in [4.69, 9.17) is 0 Å². The van der Waals surface area contributed by atoms with Crippen LogP contribution >= 0.6 is 11.3 Å². The number of ketones is 1. The Kier molecular flexibility index (Phi) is 4.73. The highest BCUT2D eigenvalue weighted by Crippen LogP contribution is 2.47. The molecule has 1 saturated heterocycles. The summed E-state index contributed by atoms with van der Waals surface area (Å²) < 4.78 is 55.3. The Morgan fingerprint density at radius 2 is 2.00 bits per heavy atom. The number of aliphatic hydroxyl groups is 1. The van der Waals surface area contributed by atoms with Crippen molar-refractivity contribution in [3.05, 3.63) is 58.0 Å². The van der Waals surface area contributed by atoms with E-state index in [1.54, 1.807) is 0 Å². The number of benzene rings is 1. The lowest BCUT2D eigenvalue weighted by Crippen LogP contribution is -2.72. The maximum absolute atomic E-state index is 13.9. The van der Waals surface area contributed by atoms with Crippen LogP contribution in [0.15, 0.2) is 41.8 Å². The average Bonchev–Trinajstić information content (AvgIpc) is 3.12. The van der Waals surface area contributed by atoms with E-state index in [0.29, 0.717) is 0 Å². The molecule has 1 aliphatic rings. The largest absolute Gasteiger partial charge is 0.437 e. The molecule has 0 spiro atoms. The molecule has 144 valence electrons. The summed E-state index contributed by atoms with van der Waals surface area (Å²) in [5.41, 5.74) is -3.83. The summed E-state index contributed by atoms with van der Waals surface area (Å²) in [6.45, 7) is 0. The first-order valence-electron chi connectivity index (χ1n) is 7.74. The molecule has 1 aromatic carbocycles. The number of thiophene rings is 1. The van der Waals surface area contributed by atoms with Gasteiger partial charge in [-0.25, -0.2) is 9.18 Å². The van der Waals surface area contributed by atoms with Crippen molar-refractivity contribution in [2.24, 2.45) is 5.92 Å². The highest BCUT2D eigenvalue weighted by Gasteiger charge is 2.69. The fraction of sp³-hybridized carbons (Fsp3) is 0.294. The average molecular weight is 402 g/mol. The number of carbonyl (C=O) groups is 2. The van der Waals surface area contributed by atoms with E-state index in [1.165, 1.54) is 29.6 Å². The second-order valence-electron chi connectivity index (χ2n) is 6.08. The van der Waals surface area contributed by atoms with Crippen molar-refractivity contribution < 1.29 is 32.3 Å². The lowest BCUT2D eigenvalue weighted by atomic mass is 9.78. The Morgan fingerprint density at radius 1 is 1.30 bits per heavy atom. The van der Waals surface area contributed by atoms with Crippen LogP contribution in [0.3, 0.4) is 0 Å². The first-order chi connectivity index (χ1) is 12.6.